The summed E-state index contributed by atoms with van der Waals surface area (Å²) < 4.78 is 5.23. The summed E-state index contributed by atoms with van der Waals surface area (Å²) in [5.41, 5.74) is 2.62. The van der Waals surface area contributed by atoms with E-state index in [9.17, 15) is 9.59 Å². The first-order valence-electron chi connectivity index (χ1n) is 7.85. The lowest BCUT2D eigenvalue weighted by molar-refractivity contribution is -0.136. The van der Waals surface area contributed by atoms with E-state index in [0.717, 1.165) is 22.2 Å². The third-order valence-electron chi connectivity index (χ3n) is 4.27. The van der Waals surface area contributed by atoms with Crippen LogP contribution in [-0.2, 0) is 9.59 Å². The summed E-state index contributed by atoms with van der Waals surface area (Å²) in [6.07, 6.45) is 2.33. The lowest BCUT2D eigenvalue weighted by Gasteiger charge is -2.23. The van der Waals surface area contributed by atoms with Crippen molar-refractivity contribution in [1.29, 1.82) is 0 Å². The standard InChI is InChI=1S/C19H16N2O3/c22-18(21-14-6-5-12-7-8-20-16(12)11-14)9-13-10-19(23)24-17-4-2-1-3-15(13)17/h1-8,11,13,20H,9-10H2,(H,21,22)/t13-/m1/s1. The maximum atomic E-state index is 12.4. The Balaban J connectivity index is 1.50. The minimum Gasteiger partial charge on any atom is -0.426 e. The van der Waals surface area contributed by atoms with Gasteiger partial charge in [0, 0.05) is 29.7 Å². The Morgan fingerprint density at radius 1 is 1.21 bits per heavy atom. The number of H-pyrrole nitrogens is 1. The molecule has 1 aliphatic rings. The zero-order chi connectivity index (χ0) is 16.5. The molecule has 0 fully saturated rings. The summed E-state index contributed by atoms with van der Waals surface area (Å²) in [4.78, 5) is 27.3. The number of anilines is 1. The zero-order valence-electron chi connectivity index (χ0n) is 12.9. The van der Waals surface area contributed by atoms with Gasteiger partial charge in [-0.2, -0.15) is 0 Å². The second-order valence-electron chi connectivity index (χ2n) is 5.94. The number of benzene rings is 2. The van der Waals surface area contributed by atoms with Crippen molar-refractivity contribution in [1.82, 2.24) is 4.98 Å². The first-order valence-corrected chi connectivity index (χ1v) is 7.85. The van der Waals surface area contributed by atoms with Gasteiger partial charge in [-0.1, -0.05) is 24.3 Å². The Morgan fingerprint density at radius 3 is 3.00 bits per heavy atom. The molecule has 0 spiro atoms. The molecule has 5 nitrogen and oxygen atoms in total. The summed E-state index contributed by atoms with van der Waals surface area (Å²) >= 11 is 0. The van der Waals surface area contributed by atoms with Crippen molar-refractivity contribution < 1.29 is 14.3 Å². The fourth-order valence-electron chi connectivity index (χ4n) is 3.13. The predicted molar refractivity (Wildman–Crippen MR) is 91.0 cm³/mol. The number of fused-ring (bicyclic) bond motifs is 2. The maximum absolute atomic E-state index is 12.4. The molecule has 0 aliphatic carbocycles. The highest BCUT2D eigenvalue weighted by atomic mass is 16.5. The minimum atomic E-state index is -0.292. The van der Waals surface area contributed by atoms with Gasteiger partial charge in [-0.15, -0.1) is 0 Å². The molecule has 24 heavy (non-hydrogen) atoms. The number of carbonyl (C=O) groups is 2. The second kappa shape index (κ2) is 5.85. The van der Waals surface area contributed by atoms with E-state index < -0.39 is 0 Å². The van der Waals surface area contributed by atoms with Crippen LogP contribution in [0.25, 0.3) is 10.9 Å². The van der Waals surface area contributed by atoms with E-state index >= 15 is 0 Å². The van der Waals surface area contributed by atoms with Crippen molar-refractivity contribution in [2.75, 3.05) is 5.32 Å². The normalized spacial score (nSPS) is 16.5. The molecule has 2 heterocycles. The molecule has 1 aromatic heterocycles. The highest BCUT2D eigenvalue weighted by Crippen LogP contribution is 2.36. The summed E-state index contributed by atoms with van der Waals surface area (Å²) in [6.45, 7) is 0. The average molecular weight is 320 g/mol. The number of nitrogens with one attached hydrogen (secondary N) is 2. The lowest BCUT2D eigenvalue weighted by atomic mass is 9.89. The predicted octanol–water partition coefficient (Wildman–Crippen LogP) is 3.59. The van der Waals surface area contributed by atoms with E-state index in [1.54, 1.807) is 6.07 Å². The summed E-state index contributed by atoms with van der Waals surface area (Å²) in [5, 5.41) is 4.00. The third-order valence-corrected chi connectivity index (χ3v) is 4.27. The van der Waals surface area contributed by atoms with E-state index in [1.165, 1.54) is 0 Å². The van der Waals surface area contributed by atoms with Crippen LogP contribution in [0.15, 0.2) is 54.7 Å². The maximum Gasteiger partial charge on any atom is 0.311 e. The van der Waals surface area contributed by atoms with Crippen LogP contribution in [-0.4, -0.2) is 16.9 Å². The number of esters is 1. The highest BCUT2D eigenvalue weighted by molar-refractivity contribution is 5.94. The molecule has 0 unspecified atom stereocenters. The van der Waals surface area contributed by atoms with Gasteiger partial charge in [0.05, 0.1) is 6.42 Å². The number of hydrogen-bond donors (Lipinski definition) is 2. The van der Waals surface area contributed by atoms with Crippen LogP contribution in [0, 0.1) is 0 Å². The van der Waals surface area contributed by atoms with Crippen LogP contribution in [0.5, 0.6) is 5.75 Å². The minimum absolute atomic E-state index is 0.115. The largest absolute Gasteiger partial charge is 0.426 e. The van der Waals surface area contributed by atoms with E-state index in [4.69, 9.17) is 4.74 Å². The van der Waals surface area contributed by atoms with E-state index in [0.29, 0.717) is 5.75 Å². The number of aromatic amines is 1. The number of ether oxygens (including phenoxy) is 1. The van der Waals surface area contributed by atoms with Gasteiger partial charge in [0.25, 0.3) is 0 Å². The van der Waals surface area contributed by atoms with Gasteiger partial charge in [0.1, 0.15) is 5.75 Å². The van der Waals surface area contributed by atoms with Gasteiger partial charge in [-0.25, -0.2) is 0 Å². The molecule has 1 atom stereocenters. The molecule has 120 valence electrons. The van der Waals surface area contributed by atoms with Crippen LogP contribution >= 0.6 is 0 Å². The molecule has 0 bridgehead atoms. The smallest absolute Gasteiger partial charge is 0.311 e. The fraction of sp³-hybridized carbons (Fsp3) is 0.158. The van der Waals surface area contributed by atoms with Crippen molar-refractivity contribution in [3.8, 4) is 5.75 Å². The molecule has 2 aromatic carbocycles. The van der Waals surface area contributed by atoms with Crippen LogP contribution < -0.4 is 10.1 Å². The summed E-state index contributed by atoms with van der Waals surface area (Å²) in [7, 11) is 0. The van der Waals surface area contributed by atoms with Crippen molar-refractivity contribution in [3.05, 3.63) is 60.3 Å². The number of carbonyl (C=O) groups excluding carboxylic acids is 2. The number of para-hydroxylation sites is 1. The van der Waals surface area contributed by atoms with E-state index in [1.807, 2.05) is 48.7 Å². The van der Waals surface area contributed by atoms with Crippen LogP contribution in [0.2, 0.25) is 0 Å². The van der Waals surface area contributed by atoms with Gasteiger partial charge in [-0.05, 0) is 35.2 Å². The van der Waals surface area contributed by atoms with Gasteiger partial charge in [-0.3, -0.25) is 9.59 Å². The monoisotopic (exact) mass is 320 g/mol. The summed E-state index contributed by atoms with van der Waals surface area (Å²) in [6, 6.07) is 15.1. The van der Waals surface area contributed by atoms with Crippen molar-refractivity contribution in [3.63, 3.8) is 0 Å². The van der Waals surface area contributed by atoms with Crippen LogP contribution in [0.1, 0.15) is 24.3 Å². The number of aromatic nitrogens is 1. The zero-order valence-corrected chi connectivity index (χ0v) is 12.9. The van der Waals surface area contributed by atoms with Gasteiger partial charge >= 0.3 is 5.97 Å². The molecule has 3 aromatic rings. The Morgan fingerprint density at radius 2 is 2.08 bits per heavy atom. The number of amides is 1. The molecule has 0 saturated carbocycles. The molecule has 1 amide bonds. The first kappa shape index (κ1) is 14.5. The lowest BCUT2D eigenvalue weighted by Crippen LogP contribution is -2.24. The second-order valence-corrected chi connectivity index (χ2v) is 5.94. The quantitative estimate of drug-likeness (QED) is 0.572. The van der Waals surface area contributed by atoms with Crippen molar-refractivity contribution in [2.24, 2.45) is 0 Å². The molecular weight excluding hydrogens is 304 g/mol. The van der Waals surface area contributed by atoms with Crippen LogP contribution in [0.3, 0.4) is 0 Å². The summed E-state index contributed by atoms with van der Waals surface area (Å²) in [5.74, 6) is -0.00858. The number of hydrogen-bond acceptors (Lipinski definition) is 3. The molecule has 0 radical (unpaired) electrons. The molecule has 1 aliphatic heterocycles. The Labute approximate surface area is 138 Å². The van der Waals surface area contributed by atoms with Crippen molar-refractivity contribution in [2.45, 2.75) is 18.8 Å². The molecule has 4 rings (SSSR count). The fourth-order valence-corrected chi connectivity index (χ4v) is 3.13. The highest BCUT2D eigenvalue weighted by Gasteiger charge is 2.28. The van der Waals surface area contributed by atoms with Crippen LogP contribution in [0.4, 0.5) is 5.69 Å². The Bertz CT molecular complexity index is 929. The Hall–Kier alpha value is -3.08. The SMILES string of the molecule is O=C(C[C@@H]1CC(=O)Oc2ccccc21)Nc1ccc2cc[nH]c2c1. The topological polar surface area (TPSA) is 71.2 Å². The van der Waals surface area contributed by atoms with Gasteiger partial charge in [0.2, 0.25) is 5.91 Å². The van der Waals surface area contributed by atoms with Crippen molar-refractivity contribution >= 4 is 28.5 Å². The molecule has 0 saturated heterocycles. The van der Waals surface area contributed by atoms with E-state index in [-0.39, 0.29) is 30.6 Å². The first-order chi connectivity index (χ1) is 11.7. The van der Waals surface area contributed by atoms with E-state index in [2.05, 4.69) is 10.3 Å². The third kappa shape index (κ3) is 2.76. The average Bonchev–Trinajstić information content (AvgIpc) is 3.02. The molecule has 2 N–H and O–H groups in total. The number of rotatable bonds is 3. The van der Waals surface area contributed by atoms with Gasteiger partial charge in [0.15, 0.2) is 0 Å². The Kier molecular flexibility index (Phi) is 3.54. The van der Waals surface area contributed by atoms with Gasteiger partial charge < -0.3 is 15.0 Å². The molecular formula is C19H16N2O3. The molecule has 5 heteroatoms.